The van der Waals surface area contributed by atoms with Gasteiger partial charge in [0.15, 0.2) is 0 Å². The summed E-state index contributed by atoms with van der Waals surface area (Å²) in [5.74, 6) is 0.847. The van der Waals surface area contributed by atoms with Gasteiger partial charge in [-0.15, -0.1) is 0 Å². The molecule has 16 heavy (non-hydrogen) atoms. The van der Waals surface area contributed by atoms with Gasteiger partial charge in [-0.05, 0) is 41.6 Å². The quantitative estimate of drug-likeness (QED) is 0.924. The molecular weight excluding hydrogens is 266 g/mol. The first-order chi connectivity index (χ1) is 7.72. The second kappa shape index (κ2) is 5.04. The molecule has 1 aliphatic rings. The Morgan fingerprint density at radius 3 is 2.75 bits per heavy atom. The largest absolute Gasteiger partial charge is 0.396 e. The van der Waals surface area contributed by atoms with E-state index in [-0.39, 0.29) is 0 Å². The molecule has 4 heteroatoms. The highest BCUT2D eigenvalue weighted by atomic mass is 79.9. The summed E-state index contributed by atoms with van der Waals surface area (Å²) in [5, 5.41) is 0. The molecule has 3 nitrogen and oxygen atoms in total. The first kappa shape index (κ1) is 11.7. The first-order valence-corrected chi connectivity index (χ1v) is 6.65. The number of nitrogen functional groups attached to an aromatic ring is 1. The van der Waals surface area contributed by atoms with E-state index in [1.807, 2.05) is 6.20 Å². The third-order valence-electron chi connectivity index (χ3n) is 3.30. The SMILES string of the molecule is CCN(CC1CCC1)c1c(N)cncc1Br. The molecule has 0 spiro atoms. The summed E-state index contributed by atoms with van der Waals surface area (Å²) < 4.78 is 0.994. The van der Waals surface area contributed by atoms with Gasteiger partial charge in [0, 0.05) is 19.3 Å². The van der Waals surface area contributed by atoms with E-state index < -0.39 is 0 Å². The zero-order chi connectivity index (χ0) is 11.5. The van der Waals surface area contributed by atoms with Crippen molar-refractivity contribution < 1.29 is 0 Å². The van der Waals surface area contributed by atoms with Crippen molar-refractivity contribution in [3.8, 4) is 0 Å². The number of pyridine rings is 1. The van der Waals surface area contributed by atoms with Crippen LogP contribution in [-0.2, 0) is 0 Å². The maximum atomic E-state index is 6.00. The summed E-state index contributed by atoms with van der Waals surface area (Å²) in [6.07, 6.45) is 7.64. The lowest BCUT2D eigenvalue weighted by Gasteiger charge is -2.34. The third kappa shape index (κ3) is 2.32. The van der Waals surface area contributed by atoms with Gasteiger partial charge in [-0.1, -0.05) is 6.42 Å². The third-order valence-corrected chi connectivity index (χ3v) is 3.88. The Hall–Kier alpha value is -0.770. The summed E-state index contributed by atoms with van der Waals surface area (Å²) in [6, 6.07) is 0. The molecule has 2 N–H and O–H groups in total. The molecule has 1 aliphatic carbocycles. The van der Waals surface area contributed by atoms with Gasteiger partial charge in [-0.2, -0.15) is 0 Å². The second-order valence-electron chi connectivity index (χ2n) is 4.39. The van der Waals surface area contributed by atoms with Gasteiger partial charge in [0.05, 0.1) is 22.0 Å². The van der Waals surface area contributed by atoms with Crippen LogP contribution in [0.4, 0.5) is 11.4 Å². The number of anilines is 2. The lowest BCUT2D eigenvalue weighted by Crippen LogP contribution is -2.33. The van der Waals surface area contributed by atoms with Crippen LogP contribution in [0, 0.1) is 5.92 Å². The van der Waals surface area contributed by atoms with Gasteiger partial charge < -0.3 is 10.6 Å². The fourth-order valence-corrected chi connectivity index (χ4v) is 2.74. The minimum absolute atomic E-state index is 0.760. The Bertz CT molecular complexity index is 343. The van der Waals surface area contributed by atoms with Gasteiger partial charge in [0.2, 0.25) is 0 Å². The van der Waals surface area contributed by atoms with Crippen LogP contribution < -0.4 is 10.6 Å². The van der Waals surface area contributed by atoms with E-state index >= 15 is 0 Å². The molecule has 0 unspecified atom stereocenters. The smallest absolute Gasteiger partial charge is 0.0776 e. The second-order valence-corrected chi connectivity index (χ2v) is 5.25. The molecule has 1 aromatic heterocycles. The van der Waals surface area contributed by atoms with Crippen LogP contribution in [-0.4, -0.2) is 18.1 Å². The van der Waals surface area contributed by atoms with Crippen molar-refractivity contribution in [3.05, 3.63) is 16.9 Å². The molecule has 0 radical (unpaired) electrons. The van der Waals surface area contributed by atoms with E-state index in [2.05, 4.69) is 32.7 Å². The maximum Gasteiger partial charge on any atom is 0.0776 e. The molecule has 0 amide bonds. The highest BCUT2D eigenvalue weighted by molar-refractivity contribution is 9.10. The zero-order valence-corrected chi connectivity index (χ0v) is 11.2. The van der Waals surface area contributed by atoms with Crippen LogP contribution in [0.3, 0.4) is 0 Å². The number of rotatable bonds is 4. The van der Waals surface area contributed by atoms with E-state index in [9.17, 15) is 0 Å². The highest BCUT2D eigenvalue weighted by Gasteiger charge is 2.22. The first-order valence-electron chi connectivity index (χ1n) is 5.86. The molecule has 2 rings (SSSR count). The monoisotopic (exact) mass is 283 g/mol. The van der Waals surface area contributed by atoms with Crippen LogP contribution in [0.2, 0.25) is 0 Å². The van der Waals surface area contributed by atoms with Crippen LogP contribution >= 0.6 is 15.9 Å². The van der Waals surface area contributed by atoms with Crippen molar-refractivity contribution in [1.82, 2.24) is 4.98 Å². The fourth-order valence-electron chi connectivity index (χ4n) is 2.14. The number of hydrogen-bond acceptors (Lipinski definition) is 3. The molecule has 1 saturated carbocycles. The summed E-state index contributed by atoms with van der Waals surface area (Å²) >= 11 is 3.53. The molecule has 1 aromatic rings. The standard InChI is InChI=1S/C12H18BrN3/c1-2-16(8-9-4-3-5-9)12-10(13)6-15-7-11(12)14/h6-7,9H,2-5,8,14H2,1H3. The molecule has 88 valence electrons. The molecule has 0 atom stereocenters. The summed E-state index contributed by atoms with van der Waals surface area (Å²) in [6.45, 7) is 4.28. The zero-order valence-electron chi connectivity index (χ0n) is 9.62. The fraction of sp³-hybridized carbons (Fsp3) is 0.583. The lowest BCUT2D eigenvalue weighted by molar-refractivity contribution is 0.318. The van der Waals surface area contributed by atoms with E-state index in [4.69, 9.17) is 5.73 Å². The predicted octanol–water partition coefficient (Wildman–Crippen LogP) is 3.05. The van der Waals surface area contributed by atoms with Crippen LogP contribution in [0.15, 0.2) is 16.9 Å². The molecule has 0 aromatic carbocycles. The Morgan fingerprint density at radius 2 is 2.25 bits per heavy atom. The topological polar surface area (TPSA) is 42.1 Å². The molecule has 0 bridgehead atoms. The average Bonchev–Trinajstić information content (AvgIpc) is 2.19. The van der Waals surface area contributed by atoms with Crippen molar-refractivity contribution >= 4 is 27.3 Å². The maximum absolute atomic E-state index is 6.00. The summed E-state index contributed by atoms with van der Waals surface area (Å²) in [5.41, 5.74) is 7.86. The number of halogens is 1. The van der Waals surface area contributed by atoms with Gasteiger partial charge in [0.1, 0.15) is 0 Å². The van der Waals surface area contributed by atoms with Gasteiger partial charge in [-0.25, -0.2) is 0 Å². The minimum Gasteiger partial charge on any atom is -0.396 e. The van der Waals surface area contributed by atoms with Gasteiger partial charge in [0.25, 0.3) is 0 Å². The van der Waals surface area contributed by atoms with Crippen molar-refractivity contribution in [2.75, 3.05) is 23.7 Å². The Balaban J connectivity index is 2.17. The van der Waals surface area contributed by atoms with Crippen LogP contribution in [0.1, 0.15) is 26.2 Å². The number of nitrogens with two attached hydrogens (primary N) is 1. The van der Waals surface area contributed by atoms with Crippen molar-refractivity contribution in [3.63, 3.8) is 0 Å². The molecule has 0 saturated heterocycles. The van der Waals surface area contributed by atoms with Crippen molar-refractivity contribution in [2.24, 2.45) is 5.92 Å². The number of nitrogens with zero attached hydrogens (tertiary/aromatic N) is 2. The lowest BCUT2D eigenvalue weighted by atomic mass is 9.85. The number of aromatic nitrogens is 1. The van der Waals surface area contributed by atoms with Gasteiger partial charge in [-0.3, -0.25) is 4.98 Å². The molecular formula is C12H18BrN3. The summed E-state index contributed by atoms with van der Waals surface area (Å²) in [4.78, 5) is 6.43. The molecule has 1 heterocycles. The minimum atomic E-state index is 0.760. The number of hydrogen-bond donors (Lipinski definition) is 1. The van der Waals surface area contributed by atoms with Crippen molar-refractivity contribution in [1.29, 1.82) is 0 Å². The predicted molar refractivity (Wildman–Crippen MR) is 71.6 cm³/mol. The highest BCUT2D eigenvalue weighted by Crippen LogP contribution is 2.34. The molecule has 0 aliphatic heterocycles. The van der Waals surface area contributed by atoms with E-state index in [1.54, 1.807) is 6.20 Å². The normalized spacial score (nSPS) is 15.9. The Kier molecular flexibility index (Phi) is 3.69. The van der Waals surface area contributed by atoms with E-state index in [0.29, 0.717) is 0 Å². The average molecular weight is 284 g/mol. The Labute approximate surface area is 105 Å². The van der Waals surface area contributed by atoms with Crippen molar-refractivity contribution in [2.45, 2.75) is 26.2 Å². The van der Waals surface area contributed by atoms with Crippen LogP contribution in [0.5, 0.6) is 0 Å². The summed E-state index contributed by atoms with van der Waals surface area (Å²) in [7, 11) is 0. The van der Waals surface area contributed by atoms with Crippen LogP contribution in [0.25, 0.3) is 0 Å². The Morgan fingerprint density at radius 1 is 1.50 bits per heavy atom. The van der Waals surface area contributed by atoms with Gasteiger partial charge >= 0.3 is 0 Å². The van der Waals surface area contributed by atoms with E-state index in [0.717, 1.165) is 34.9 Å². The van der Waals surface area contributed by atoms with E-state index in [1.165, 1.54) is 19.3 Å². The molecule has 1 fully saturated rings.